The van der Waals surface area contributed by atoms with Crippen molar-refractivity contribution in [3.05, 3.63) is 29.8 Å². The first-order valence-electron chi connectivity index (χ1n) is 13.2. The fraction of sp³-hybridized carbons (Fsp3) is 0.630. The predicted molar refractivity (Wildman–Crippen MR) is 140 cm³/mol. The number of aliphatic carboxylic acids is 2. The zero-order valence-corrected chi connectivity index (χ0v) is 22.0. The normalized spacial score (nSPS) is 13.4. The van der Waals surface area contributed by atoms with E-state index in [0.29, 0.717) is 58.0 Å². The smallest absolute Gasteiger partial charge is 0.303 e. The summed E-state index contributed by atoms with van der Waals surface area (Å²) in [5, 5.41) is 36.1. The molecule has 0 aliphatic carbocycles. The standard InChI is InChI=1S/C27H43N3O7/c1-3-19(2)25(27(37)29-17-9-5-7-11-24(34)35)30-26(36)22(18-20-12-14-21(31)15-13-20)28-16-8-4-6-10-23(32)33/h12-15,19,22,25,28,31H,3-11,16-18H2,1-2H3,(H,29,37)(H,30,36)(H,32,33)(H,34,35)/t19-,22-,25-/m0/s1. The third kappa shape index (κ3) is 14.3. The molecule has 1 aromatic rings. The number of rotatable bonds is 20. The Kier molecular flexibility index (Phi) is 15.6. The summed E-state index contributed by atoms with van der Waals surface area (Å²) < 4.78 is 0. The van der Waals surface area contributed by atoms with Gasteiger partial charge in [-0.15, -0.1) is 0 Å². The van der Waals surface area contributed by atoms with Crippen molar-refractivity contribution in [3.8, 4) is 5.75 Å². The van der Waals surface area contributed by atoms with Gasteiger partial charge in [-0.05, 0) is 62.3 Å². The summed E-state index contributed by atoms with van der Waals surface area (Å²) in [6, 6.07) is 5.28. The van der Waals surface area contributed by atoms with Gasteiger partial charge >= 0.3 is 11.9 Å². The van der Waals surface area contributed by atoms with Gasteiger partial charge in [-0.25, -0.2) is 0 Å². The summed E-state index contributed by atoms with van der Waals surface area (Å²) in [4.78, 5) is 47.5. The lowest BCUT2D eigenvalue weighted by Crippen LogP contribution is -2.55. The van der Waals surface area contributed by atoms with Gasteiger partial charge in [-0.2, -0.15) is 0 Å². The molecule has 0 aromatic heterocycles. The number of carboxylic acid groups (broad SMARTS) is 2. The van der Waals surface area contributed by atoms with Crippen LogP contribution in [0, 0.1) is 5.92 Å². The average Bonchev–Trinajstić information content (AvgIpc) is 2.86. The molecule has 0 fully saturated rings. The zero-order chi connectivity index (χ0) is 27.6. The fourth-order valence-electron chi connectivity index (χ4n) is 3.83. The molecule has 10 heteroatoms. The van der Waals surface area contributed by atoms with E-state index in [9.17, 15) is 24.3 Å². The predicted octanol–water partition coefficient (Wildman–Crippen LogP) is 2.83. The topological polar surface area (TPSA) is 165 Å². The molecule has 37 heavy (non-hydrogen) atoms. The molecule has 1 aromatic carbocycles. The quantitative estimate of drug-likeness (QED) is 0.143. The van der Waals surface area contributed by atoms with E-state index in [4.69, 9.17) is 10.2 Å². The molecule has 2 amide bonds. The molecule has 0 bridgehead atoms. The van der Waals surface area contributed by atoms with Crippen molar-refractivity contribution in [2.45, 2.75) is 90.1 Å². The van der Waals surface area contributed by atoms with Crippen LogP contribution in [0.3, 0.4) is 0 Å². The maximum Gasteiger partial charge on any atom is 0.303 e. The highest BCUT2D eigenvalue weighted by Crippen LogP contribution is 2.13. The van der Waals surface area contributed by atoms with Crippen molar-refractivity contribution < 1.29 is 34.5 Å². The van der Waals surface area contributed by atoms with Gasteiger partial charge in [-0.1, -0.05) is 45.2 Å². The number of hydrogen-bond donors (Lipinski definition) is 6. The molecular weight excluding hydrogens is 478 g/mol. The molecule has 208 valence electrons. The van der Waals surface area contributed by atoms with E-state index in [-0.39, 0.29) is 36.3 Å². The first kappa shape index (κ1) is 31.9. The Morgan fingerprint density at radius 1 is 0.811 bits per heavy atom. The second-order valence-corrected chi connectivity index (χ2v) is 9.45. The second-order valence-electron chi connectivity index (χ2n) is 9.45. The second kappa shape index (κ2) is 18.2. The average molecular weight is 522 g/mol. The van der Waals surface area contributed by atoms with Crippen LogP contribution in [0.4, 0.5) is 0 Å². The number of unbranched alkanes of at least 4 members (excludes halogenated alkanes) is 4. The third-order valence-electron chi connectivity index (χ3n) is 6.31. The van der Waals surface area contributed by atoms with E-state index in [1.807, 2.05) is 13.8 Å². The molecule has 0 saturated heterocycles. The van der Waals surface area contributed by atoms with Gasteiger partial charge in [0.25, 0.3) is 0 Å². The lowest BCUT2D eigenvalue weighted by atomic mass is 9.97. The van der Waals surface area contributed by atoms with Crippen LogP contribution < -0.4 is 16.0 Å². The number of carbonyl (C=O) groups excluding carboxylic acids is 2. The summed E-state index contributed by atoms with van der Waals surface area (Å²) in [5.74, 6) is -2.20. The van der Waals surface area contributed by atoms with E-state index in [1.165, 1.54) is 0 Å². The number of hydrogen-bond acceptors (Lipinski definition) is 6. The van der Waals surface area contributed by atoms with Gasteiger partial charge in [0.2, 0.25) is 11.8 Å². The maximum atomic E-state index is 13.3. The molecular formula is C27H43N3O7. The lowest BCUT2D eigenvalue weighted by molar-refractivity contribution is -0.138. The minimum absolute atomic E-state index is 0.0960. The molecule has 0 aliphatic heterocycles. The minimum Gasteiger partial charge on any atom is -0.508 e. The Labute approximate surface area is 219 Å². The molecule has 0 aliphatic rings. The summed E-state index contributed by atoms with van der Waals surface area (Å²) >= 11 is 0. The van der Waals surface area contributed by atoms with Crippen molar-refractivity contribution in [1.82, 2.24) is 16.0 Å². The molecule has 0 saturated carbocycles. The minimum atomic E-state index is -0.834. The fourth-order valence-corrected chi connectivity index (χ4v) is 3.83. The van der Waals surface area contributed by atoms with Gasteiger partial charge in [-0.3, -0.25) is 19.2 Å². The molecule has 3 atom stereocenters. The van der Waals surface area contributed by atoms with Crippen LogP contribution in [-0.2, 0) is 25.6 Å². The van der Waals surface area contributed by atoms with E-state index in [2.05, 4.69) is 16.0 Å². The molecule has 10 nitrogen and oxygen atoms in total. The van der Waals surface area contributed by atoms with Gasteiger partial charge < -0.3 is 31.3 Å². The van der Waals surface area contributed by atoms with Crippen molar-refractivity contribution in [1.29, 1.82) is 0 Å². The number of nitrogens with one attached hydrogen (secondary N) is 3. The third-order valence-corrected chi connectivity index (χ3v) is 6.31. The number of carbonyl (C=O) groups is 4. The van der Waals surface area contributed by atoms with Crippen LogP contribution in [0.25, 0.3) is 0 Å². The molecule has 6 N–H and O–H groups in total. The zero-order valence-electron chi connectivity index (χ0n) is 22.0. The van der Waals surface area contributed by atoms with Crippen LogP contribution in [-0.4, -0.2) is 64.2 Å². The highest BCUT2D eigenvalue weighted by Gasteiger charge is 2.29. The molecule has 0 heterocycles. The van der Waals surface area contributed by atoms with Crippen LogP contribution in [0.5, 0.6) is 5.75 Å². The van der Waals surface area contributed by atoms with E-state index in [1.54, 1.807) is 24.3 Å². The first-order chi connectivity index (χ1) is 17.6. The first-order valence-corrected chi connectivity index (χ1v) is 13.2. The van der Waals surface area contributed by atoms with E-state index >= 15 is 0 Å². The van der Waals surface area contributed by atoms with Gasteiger partial charge in [0.05, 0.1) is 6.04 Å². The van der Waals surface area contributed by atoms with Crippen molar-refractivity contribution in [2.24, 2.45) is 5.92 Å². The Hall–Kier alpha value is -3.14. The molecule has 0 unspecified atom stereocenters. The van der Waals surface area contributed by atoms with Crippen LogP contribution in [0.15, 0.2) is 24.3 Å². The van der Waals surface area contributed by atoms with Gasteiger partial charge in [0.1, 0.15) is 11.8 Å². The molecule has 0 radical (unpaired) electrons. The van der Waals surface area contributed by atoms with Crippen LogP contribution in [0.1, 0.15) is 77.2 Å². The van der Waals surface area contributed by atoms with Gasteiger partial charge in [0, 0.05) is 19.4 Å². The summed E-state index contributed by atoms with van der Waals surface area (Å²) in [6.07, 6.45) is 5.18. The Bertz CT molecular complexity index is 845. The van der Waals surface area contributed by atoms with Crippen molar-refractivity contribution >= 4 is 23.8 Å². The highest BCUT2D eigenvalue weighted by atomic mass is 16.4. The summed E-state index contributed by atoms with van der Waals surface area (Å²) in [5.41, 5.74) is 0.849. The van der Waals surface area contributed by atoms with E-state index in [0.717, 1.165) is 12.0 Å². The van der Waals surface area contributed by atoms with Crippen LogP contribution in [0.2, 0.25) is 0 Å². The number of phenols is 1. The highest BCUT2D eigenvalue weighted by molar-refractivity contribution is 5.90. The lowest BCUT2D eigenvalue weighted by Gasteiger charge is -2.27. The van der Waals surface area contributed by atoms with Crippen molar-refractivity contribution in [2.75, 3.05) is 13.1 Å². The summed E-state index contributed by atoms with van der Waals surface area (Å²) in [7, 11) is 0. The van der Waals surface area contributed by atoms with Crippen molar-refractivity contribution in [3.63, 3.8) is 0 Å². The maximum absolute atomic E-state index is 13.3. The Balaban J connectivity index is 2.75. The SMILES string of the molecule is CC[C@H](C)[C@H](NC(=O)[C@H](Cc1ccc(O)cc1)NCCCCCC(=O)O)C(=O)NCCCCCC(=O)O. The molecule has 1 rings (SSSR count). The molecule has 0 spiro atoms. The summed E-state index contributed by atoms with van der Waals surface area (Å²) in [6.45, 7) is 4.79. The number of amides is 2. The van der Waals surface area contributed by atoms with Crippen LogP contribution >= 0.6 is 0 Å². The number of benzene rings is 1. The monoisotopic (exact) mass is 521 g/mol. The number of carboxylic acids is 2. The number of phenolic OH excluding ortho intramolecular Hbond substituents is 1. The largest absolute Gasteiger partial charge is 0.508 e. The Morgan fingerprint density at radius 3 is 1.92 bits per heavy atom. The number of aromatic hydroxyl groups is 1. The van der Waals surface area contributed by atoms with E-state index < -0.39 is 24.0 Å². The van der Waals surface area contributed by atoms with Gasteiger partial charge in [0.15, 0.2) is 0 Å². The Morgan fingerprint density at radius 2 is 1.38 bits per heavy atom.